The van der Waals surface area contributed by atoms with Crippen LogP contribution >= 0.6 is 24.0 Å². The number of nitrogens with zero attached hydrogens (tertiary/aromatic N) is 5. The molecule has 1 atom stereocenters. The first-order valence-corrected chi connectivity index (χ1v) is 10.1. The van der Waals surface area contributed by atoms with Gasteiger partial charge in [-0.1, -0.05) is 0 Å². The van der Waals surface area contributed by atoms with Crippen LogP contribution in [0.1, 0.15) is 25.3 Å². The Morgan fingerprint density at radius 1 is 1.31 bits per heavy atom. The Kier molecular flexibility index (Phi) is 9.41. The monoisotopic (exact) mass is 516 g/mol. The zero-order chi connectivity index (χ0) is 19.9. The number of anilines is 1. The first kappa shape index (κ1) is 23.7. The van der Waals surface area contributed by atoms with E-state index in [-0.39, 0.29) is 36.0 Å². The molecular weight excluding hydrogens is 483 g/mol. The van der Waals surface area contributed by atoms with Crippen molar-refractivity contribution < 1.29 is 9.53 Å². The van der Waals surface area contributed by atoms with Crippen LogP contribution in [0, 0.1) is 0 Å². The highest BCUT2D eigenvalue weighted by Crippen LogP contribution is 2.16. The molecule has 1 unspecified atom stereocenters. The Hall–Kier alpha value is -1.62. The molecule has 1 aromatic heterocycles. The Morgan fingerprint density at radius 3 is 2.66 bits per heavy atom. The summed E-state index contributed by atoms with van der Waals surface area (Å²) >= 11 is 0. The van der Waals surface area contributed by atoms with Gasteiger partial charge in [-0.3, -0.25) is 4.79 Å². The first-order valence-electron chi connectivity index (χ1n) is 10.1. The lowest BCUT2D eigenvalue weighted by atomic mass is 10.2. The fraction of sp³-hybridized carbons (Fsp3) is 0.650. The standard InChI is InChI=1S/C20H32N6O2.HI/c1-4-21-20(23-15-16-7-8-22-18(14-16)24(2)3)26-11-9-25(10-12-26)19(27)17-6-5-13-28-17;/h7-8,14,17H,4-6,9-13,15H2,1-3H3,(H,21,23);1H. The number of ether oxygens (including phenoxy) is 1. The average Bonchev–Trinajstić information content (AvgIpc) is 3.26. The molecule has 1 aromatic rings. The van der Waals surface area contributed by atoms with Crippen molar-refractivity contribution in [2.24, 2.45) is 4.99 Å². The van der Waals surface area contributed by atoms with E-state index >= 15 is 0 Å². The summed E-state index contributed by atoms with van der Waals surface area (Å²) in [5, 5.41) is 3.38. The van der Waals surface area contributed by atoms with Crippen molar-refractivity contribution in [2.75, 3.05) is 58.3 Å². The minimum absolute atomic E-state index is 0. The van der Waals surface area contributed by atoms with E-state index in [9.17, 15) is 4.79 Å². The molecule has 29 heavy (non-hydrogen) atoms. The number of aliphatic imine (C=N–C) groups is 1. The third-order valence-corrected chi connectivity index (χ3v) is 5.11. The van der Waals surface area contributed by atoms with Crippen LogP contribution in [-0.2, 0) is 16.1 Å². The summed E-state index contributed by atoms with van der Waals surface area (Å²) in [5.41, 5.74) is 1.13. The zero-order valence-electron chi connectivity index (χ0n) is 17.6. The second kappa shape index (κ2) is 11.5. The number of hydrogen-bond donors (Lipinski definition) is 1. The van der Waals surface area contributed by atoms with Crippen LogP contribution in [0.25, 0.3) is 0 Å². The van der Waals surface area contributed by atoms with Crippen molar-refractivity contribution in [3.05, 3.63) is 23.9 Å². The van der Waals surface area contributed by atoms with Gasteiger partial charge in [0.15, 0.2) is 5.96 Å². The van der Waals surface area contributed by atoms with Gasteiger partial charge in [0.1, 0.15) is 11.9 Å². The van der Waals surface area contributed by atoms with Crippen LogP contribution in [-0.4, -0.2) is 86.2 Å². The van der Waals surface area contributed by atoms with Gasteiger partial charge in [-0.25, -0.2) is 9.98 Å². The molecule has 2 saturated heterocycles. The molecule has 3 rings (SSSR count). The van der Waals surface area contributed by atoms with Crippen molar-refractivity contribution in [1.82, 2.24) is 20.1 Å². The third-order valence-electron chi connectivity index (χ3n) is 5.11. The normalized spacial score (nSPS) is 19.7. The number of hydrogen-bond acceptors (Lipinski definition) is 5. The molecule has 0 aliphatic carbocycles. The zero-order valence-corrected chi connectivity index (χ0v) is 20.0. The Morgan fingerprint density at radius 2 is 2.03 bits per heavy atom. The summed E-state index contributed by atoms with van der Waals surface area (Å²) in [6, 6.07) is 4.06. The predicted octanol–water partition coefficient (Wildman–Crippen LogP) is 1.55. The lowest BCUT2D eigenvalue weighted by molar-refractivity contribution is -0.142. The number of carbonyl (C=O) groups excluding carboxylic acids is 1. The second-order valence-corrected chi connectivity index (χ2v) is 7.40. The van der Waals surface area contributed by atoms with Gasteiger partial charge in [-0.15, -0.1) is 24.0 Å². The lowest BCUT2D eigenvalue weighted by Crippen LogP contribution is -2.55. The Balaban J connectivity index is 0.00000300. The van der Waals surface area contributed by atoms with E-state index in [2.05, 4.69) is 28.2 Å². The number of piperazine rings is 1. The summed E-state index contributed by atoms with van der Waals surface area (Å²) in [6.07, 6.45) is 3.43. The quantitative estimate of drug-likeness (QED) is 0.364. The van der Waals surface area contributed by atoms with E-state index in [1.165, 1.54) is 0 Å². The molecular formula is C20H33IN6O2. The highest BCUT2D eigenvalue weighted by atomic mass is 127. The second-order valence-electron chi connectivity index (χ2n) is 7.40. The molecule has 1 amide bonds. The average molecular weight is 516 g/mol. The smallest absolute Gasteiger partial charge is 0.251 e. The number of guanidine groups is 1. The van der Waals surface area contributed by atoms with Crippen LogP contribution in [0.15, 0.2) is 23.3 Å². The molecule has 0 radical (unpaired) electrons. The molecule has 0 saturated carbocycles. The van der Waals surface area contributed by atoms with Gasteiger partial charge in [0, 0.05) is 59.6 Å². The Bertz CT molecular complexity index is 685. The van der Waals surface area contributed by atoms with Crippen LogP contribution in [0.4, 0.5) is 5.82 Å². The molecule has 2 fully saturated rings. The lowest BCUT2D eigenvalue weighted by Gasteiger charge is -2.37. The summed E-state index contributed by atoms with van der Waals surface area (Å²) in [5.74, 6) is 1.97. The molecule has 8 nitrogen and oxygen atoms in total. The topological polar surface area (TPSA) is 73.3 Å². The summed E-state index contributed by atoms with van der Waals surface area (Å²) in [4.78, 5) is 27.8. The fourth-order valence-corrected chi connectivity index (χ4v) is 3.51. The Labute approximate surface area is 190 Å². The maximum atomic E-state index is 12.5. The molecule has 1 N–H and O–H groups in total. The largest absolute Gasteiger partial charge is 0.368 e. The minimum atomic E-state index is -0.231. The van der Waals surface area contributed by atoms with Gasteiger partial charge in [0.05, 0.1) is 6.54 Å². The molecule has 0 spiro atoms. The number of aromatic nitrogens is 1. The SMILES string of the molecule is CCNC(=NCc1ccnc(N(C)C)c1)N1CCN(C(=O)C2CCCO2)CC1.I. The fourth-order valence-electron chi connectivity index (χ4n) is 3.51. The predicted molar refractivity (Wildman–Crippen MR) is 126 cm³/mol. The van der Waals surface area contributed by atoms with Crippen molar-refractivity contribution in [2.45, 2.75) is 32.4 Å². The third kappa shape index (κ3) is 6.43. The summed E-state index contributed by atoms with van der Waals surface area (Å²) in [7, 11) is 3.97. The van der Waals surface area contributed by atoms with E-state index in [1.807, 2.05) is 36.2 Å². The molecule has 3 heterocycles. The maximum Gasteiger partial charge on any atom is 0.251 e. The molecule has 0 aromatic carbocycles. The number of nitrogens with one attached hydrogen (secondary N) is 1. The van der Waals surface area contributed by atoms with E-state index < -0.39 is 0 Å². The number of halogens is 1. The number of amides is 1. The van der Waals surface area contributed by atoms with E-state index in [0.717, 1.165) is 49.8 Å². The maximum absolute atomic E-state index is 12.5. The van der Waals surface area contributed by atoms with Gasteiger partial charge in [-0.05, 0) is 37.5 Å². The summed E-state index contributed by atoms with van der Waals surface area (Å²) < 4.78 is 5.55. The number of pyridine rings is 1. The molecule has 0 bridgehead atoms. The van der Waals surface area contributed by atoms with E-state index in [0.29, 0.717) is 26.2 Å². The first-order chi connectivity index (χ1) is 13.6. The van der Waals surface area contributed by atoms with Crippen LogP contribution in [0.3, 0.4) is 0 Å². The molecule has 162 valence electrons. The highest BCUT2D eigenvalue weighted by molar-refractivity contribution is 14.0. The van der Waals surface area contributed by atoms with Crippen molar-refractivity contribution in [1.29, 1.82) is 0 Å². The van der Waals surface area contributed by atoms with Crippen LogP contribution in [0.5, 0.6) is 0 Å². The van der Waals surface area contributed by atoms with Crippen molar-refractivity contribution in [3.8, 4) is 0 Å². The van der Waals surface area contributed by atoms with Crippen LogP contribution in [0.2, 0.25) is 0 Å². The van der Waals surface area contributed by atoms with E-state index in [1.54, 1.807) is 0 Å². The van der Waals surface area contributed by atoms with Gasteiger partial charge >= 0.3 is 0 Å². The van der Waals surface area contributed by atoms with E-state index in [4.69, 9.17) is 9.73 Å². The highest BCUT2D eigenvalue weighted by Gasteiger charge is 2.30. The van der Waals surface area contributed by atoms with Crippen molar-refractivity contribution >= 4 is 41.7 Å². The molecule has 2 aliphatic rings. The number of carbonyl (C=O) groups is 1. The molecule has 9 heteroatoms. The van der Waals surface area contributed by atoms with Gasteiger partial charge < -0.3 is 24.8 Å². The van der Waals surface area contributed by atoms with Gasteiger partial charge in [0.2, 0.25) is 0 Å². The van der Waals surface area contributed by atoms with Gasteiger partial charge in [0.25, 0.3) is 5.91 Å². The van der Waals surface area contributed by atoms with Gasteiger partial charge in [-0.2, -0.15) is 0 Å². The van der Waals surface area contributed by atoms with Crippen molar-refractivity contribution in [3.63, 3.8) is 0 Å². The minimum Gasteiger partial charge on any atom is -0.368 e. The number of rotatable bonds is 5. The molecule has 2 aliphatic heterocycles. The van der Waals surface area contributed by atoms with Crippen LogP contribution < -0.4 is 10.2 Å². The summed E-state index contributed by atoms with van der Waals surface area (Å²) in [6.45, 7) is 7.18.